The quantitative estimate of drug-likeness (QED) is 0.0346. The number of rotatable bonds is 53. The van der Waals surface area contributed by atoms with Gasteiger partial charge in [-0.3, -0.25) is 9.59 Å². The molecule has 0 aliphatic carbocycles. The van der Waals surface area contributed by atoms with Gasteiger partial charge in [0.25, 0.3) is 0 Å². The Hall–Kier alpha value is -2.40. The van der Waals surface area contributed by atoms with Crippen LogP contribution in [0.15, 0.2) is 60.8 Å². The Labute approximate surface area is 411 Å². The van der Waals surface area contributed by atoms with Crippen LogP contribution < -0.4 is 0 Å². The van der Waals surface area contributed by atoms with Gasteiger partial charge in [0.15, 0.2) is 6.10 Å². The van der Waals surface area contributed by atoms with Crippen LogP contribution in [0.4, 0.5) is 0 Å². The van der Waals surface area contributed by atoms with Crippen LogP contribution >= 0.6 is 0 Å². The molecule has 5 nitrogen and oxygen atoms in total. The van der Waals surface area contributed by atoms with Crippen LogP contribution in [0, 0.1) is 0 Å². The zero-order chi connectivity index (χ0) is 47.7. The second kappa shape index (κ2) is 56.9. The summed E-state index contributed by atoms with van der Waals surface area (Å²) in [5.41, 5.74) is 0. The lowest BCUT2D eigenvalue weighted by Gasteiger charge is -2.18. The Kier molecular flexibility index (Phi) is 54.9. The molecular weight excluding hydrogens is 813 g/mol. The van der Waals surface area contributed by atoms with Gasteiger partial charge in [0, 0.05) is 19.4 Å². The van der Waals surface area contributed by atoms with E-state index in [9.17, 15) is 9.59 Å². The Morgan fingerprint density at radius 3 is 1.11 bits per heavy atom. The molecule has 1 atom stereocenters. The molecule has 0 saturated heterocycles. The Morgan fingerprint density at radius 2 is 0.682 bits per heavy atom. The molecule has 0 aromatic rings. The highest BCUT2D eigenvalue weighted by Gasteiger charge is 2.17. The van der Waals surface area contributed by atoms with Gasteiger partial charge < -0.3 is 14.2 Å². The zero-order valence-electron chi connectivity index (χ0n) is 44.2. The third-order valence-electron chi connectivity index (χ3n) is 12.5. The molecule has 0 aromatic carbocycles. The van der Waals surface area contributed by atoms with Crippen LogP contribution in [0.25, 0.3) is 0 Å². The minimum atomic E-state index is -0.566. The van der Waals surface area contributed by atoms with Crippen molar-refractivity contribution in [3.63, 3.8) is 0 Å². The predicted molar refractivity (Wildman–Crippen MR) is 288 cm³/mol. The lowest BCUT2D eigenvalue weighted by atomic mass is 10.0. The van der Waals surface area contributed by atoms with E-state index in [-0.39, 0.29) is 25.2 Å². The molecule has 0 aromatic heterocycles. The number of carbonyl (C=O) groups excluding carboxylic acids is 2. The smallest absolute Gasteiger partial charge is 0.306 e. The molecule has 5 heteroatoms. The first-order valence-corrected chi connectivity index (χ1v) is 28.8. The topological polar surface area (TPSA) is 61.8 Å². The average molecular weight is 924 g/mol. The summed E-state index contributed by atoms with van der Waals surface area (Å²) in [7, 11) is 0. The van der Waals surface area contributed by atoms with Gasteiger partial charge >= 0.3 is 11.9 Å². The molecule has 0 spiro atoms. The molecule has 0 radical (unpaired) electrons. The van der Waals surface area contributed by atoms with E-state index in [1.165, 1.54) is 186 Å². The number of hydrogen-bond donors (Lipinski definition) is 0. The number of carbonyl (C=O) groups is 2. The van der Waals surface area contributed by atoms with Crippen molar-refractivity contribution >= 4 is 11.9 Å². The minimum Gasteiger partial charge on any atom is -0.462 e. The normalized spacial score (nSPS) is 12.6. The lowest BCUT2D eigenvalue weighted by molar-refractivity contribution is -0.163. The van der Waals surface area contributed by atoms with E-state index in [0.717, 1.165) is 70.6 Å². The van der Waals surface area contributed by atoms with Gasteiger partial charge in [-0.1, -0.05) is 261 Å². The maximum absolute atomic E-state index is 12.8. The van der Waals surface area contributed by atoms with Crippen molar-refractivity contribution in [2.45, 2.75) is 297 Å². The molecule has 66 heavy (non-hydrogen) atoms. The van der Waals surface area contributed by atoms with Crippen LogP contribution in [-0.4, -0.2) is 37.9 Å². The highest BCUT2D eigenvalue weighted by molar-refractivity contribution is 5.70. The molecule has 0 saturated carbocycles. The number of ether oxygens (including phenoxy) is 3. The predicted octanol–water partition coefficient (Wildman–Crippen LogP) is 19.7. The van der Waals surface area contributed by atoms with Crippen LogP contribution in [0.5, 0.6) is 0 Å². The molecule has 0 heterocycles. The van der Waals surface area contributed by atoms with E-state index < -0.39 is 6.10 Å². The maximum atomic E-state index is 12.8. The van der Waals surface area contributed by atoms with E-state index >= 15 is 0 Å². The average Bonchev–Trinajstić information content (AvgIpc) is 3.32. The van der Waals surface area contributed by atoms with E-state index in [1.54, 1.807) is 0 Å². The zero-order valence-corrected chi connectivity index (χ0v) is 44.2. The summed E-state index contributed by atoms with van der Waals surface area (Å²) in [5, 5.41) is 0. The lowest BCUT2D eigenvalue weighted by Crippen LogP contribution is -2.30. The number of unbranched alkanes of at least 4 members (excludes halogenated alkanes) is 32. The first kappa shape index (κ1) is 63.6. The summed E-state index contributed by atoms with van der Waals surface area (Å²) in [6.45, 7) is 7.62. The fourth-order valence-corrected chi connectivity index (χ4v) is 8.28. The summed E-state index contributed by atoms with van der Waals surface area (Å²) in [6.07, 6.45) is 72.6. The monoisotopic (exact) mass is 923 g/mol. The minimum absolute atomic E-state index is 0.0643. The Balaban J connectivity index is 4.28. The SMILES string of the molecule is CC/C=C\C/C=C\C/C=C\C/C=C\CCCOCC(COC(=O)CCCCCCCCCCCCCCCCCCCCC)OC(=O)CCCCCCCCC/C=C\CCCCCCCC. The van der Waals surface area contributed by atoms with Crippen LogP contribution in [0.3, 0.4) is 0 Å². The van der Waals surface area contributed by atoms with Crippen LogP contribution in [-0.2, 0) is 23.8 Å². The van der Waals surface area contributed by atoms with Gasteiger partial charge in [0.05, 0.1) is 6.61 Å². The van der Waals surface area contributed by atoms with E-state index in [0.29, 0.717) is 19.4 Å². The van der Waals surface area contributed by atoms with Gasteiger partial charge in [-0.05, 0) is 77.0 Å². The van der Waals surface area contributed by atoms with Crippen molar-refractivity contribution in [3.05, 3.63) is 60.8 Å². The van der Waals surface area contributed by atoms with Crippen LogP contribution in [0.1, 0.15) is 290 Å². The third kappa shape index (κ3) is 54.2. The molecule has 0 aliphatic heterocycles. The molecule has 0 fully saturated rings. The molecule has 1 unspecified atom stereocenters. The molecule has 0 bridgehead atoms. The number of allylic oxidation sites excluding steroid dienone is 10. The fraction of sp³-hybridized carbons (Fsp3) is 0.803. The van der Waals surface area contributed by atoms with E-state index in [2.05, 4.69) is 81.5 Å². The number of hydrogen-bond acceptors (Lipinski definition) is 5. The number of esters is 2. The van der Waals surface area contributed by atoms with Gasteiger partial charge in [0.1, 0.15) is 6.61 Å². The molecule has 0 rings (SSSR count). The highest BCUT2D eigenvalue weighted by Crippen LogP contribution is 2.16. The molecule has 0 amide bonds. The molecule has 0 aliphatic rings. The van der Waals surface area contributed by atoms with Crippen molar-refractivity contribution in [3.8, 4) is 0 Å². The standard InChI is InChI=1S/C61H110O5/c1-4-7-10-13-16-19-22-25-28-30-31-33-34-36-39-42-45-48-51-54-60(62)65-58-59(57-64-56-53-50-47-44-41-38-27-24-21-18-15-12-9-6-3)66-61(63)55-52-49-46-43-40-37-35-32-29-26-23-20-17-14-11-8-5-2/h9,12,18,21,26-27,29,38,44,47,59H,4-8,10-11,13-17,19-20,22-25,28,30-37,39-43,45-46,48-58H2,1-3H3/b12-9-,21-18-,29-26-,38-27-,47-44-. The summed E-state index contributed by atoms with van der Waals surface area (Å²) < 4.78 is 17.4. The third-order valence-corrected chi connectivity index (χ3v) is 12.5. The van der Waals surface area contributed by atoms with Gasteiger partial charge in [-0.15, -0.1) is 0 Å². The molecular formula is C61H110O5. The second-order valence-electron chi connectivity index (χ2n) is 19.2. The maximum Gasteiger partial charge on any atom is 0.306 e. The van der Waals surface area contributed by atoms with Crippen molar-refractivity contribution in [2.24, 2.45) is 0 Å². The molecule has 0 N–H and O–H groups in total. The molecule has 384 valence electrons. The fourth-order valence-electron chi connectivity index (χ4n) is 8.28. The van der Waals surface area contributed by atoms with Gasteiger partial charge in [-0.2, -0.15) is 0 Å². The van der Waals surface area contributed by atoms with E-state index in [1.807, 2.05) is 0 Å². The first-order valence-electron chi connectivity index (χ1n) is 28.8. The van der Waals surface area contributed by atoms with Crippen molar-refractivity contribution in [1.82, 2.24) is 0 Å². The summed E-state index contributed by atoms with van der Waals surface area (Å²) in [5.74, 6) is -0.419. The van der Waals surface area contributed by atoms with Crippen LogP contribution in [0.2, 0.25) is 0 Å². The second-order valence-corrected chi connectivity index (χ2v) is 19.2. The van der Waals surface area contributed by atoms with Crippen molar-refractivity contribution in [2.75, 3.05) is 19.8 Å². The highest BCUT2D eigenvalue weighted by atomic mass is 16.6. The largest absolute Gasteiger partial charge is 0.462 e. The summed E-state index contributed by atoms with van der Waals surface area (Å²) >= 11 is 0. The first-order chi connectivity index (χ1) is 32.6. The Morgan fingerprint density at radius 1 is 0.348 bits per heavy atom. The summed E-state index contributed by atoms with van der Waals surface area (Å²) in [6, 6.07) is 0. The van der Waals surface area contributed by atoms with E-state index in [4.69, 9.17) is 14.2 Å². The van der Waals surface area contributed by atoms with Crippen molar-refractivity contribution in [1.29, 1.82) is 0 Å². The van der Waals surface area contributed by atoms with Gasteiger partial charge in [-0.25, -0.2) is 0 Å². The Bertz CT molecular complexity index is 1130. The van der Waals surface area contributed by atoms with Gasteiger partial charge in [0.2, 0.25) is 0 Å². The van der Waals surface area contributed by atoms with Crippen molar-refractivity contribution < 1.29 is 23.8 Å². The summed E-state index contributed by atoms with van der Waals surface area (Å²) in [4.78, 5) is 25.5.